The molecule has 0 aliphatic carbocycles. The Bertz CT molecular complexity index is 385. The first-order valence-electron chi connectivity index (χ1n) is 6.00. The summed E-state index contributed by atoms with van der Waals surface area (Å²) in [6.07, 6.45) is 1.17. The van der Waals surface area contributed by atoms with Gasteiger partial charge in [-0.1, -0.05) is 0 Å². The molecule has 0 spiro atoms. The molecule has 0 aromatic carbocycles. The van der Waals surface area contributed by atoms with Gasteiger partial charge in [-0.05, 0) is 26.8 Å². The van der Waals surface area contributed by atoms with Gasteiger partial charge in [0.1, 0.15) is 6.10 Å². The molecule has 6 nitrogen and oxygen atoms in total. The topological polar surface area (TPSA) is 71.1 Å². The molecular formula is C13H20O6. The molecule has 6 heteroatoms. The zero-order chi connectivity index (χ0) is 14.6. The SMILES string of the molecule is COC(=O)/C(=C/[C@H]1COC(C)(C)O1)C(C)C(=O)OC. The van der Waals surface area contributed by atoms with Gasteiger partial charge in [-0.15, -0.1) is 0 Å². The Morgan fingerprint density at radius 2 is 1.95 bits per heavy atom. The van der Waals surface area contributed by atoms with Gasteiger partial charge in [-0.3, -0.25) is 4.79 Å². The number of carbonyl (C=O) groups is 2. The van der Waals surface area contributed by atoms with E-state index < -0.39 is 29.7 Å². The largest absolute Gasteiger partial charge is 0.469 e. The van der Waals surface area contributed by atoms with Crippen LogP contribution in [0.3, 0.4) is 0 Å². The molecule has 0 saturated carbocycles. The molecule has 2 atom stereocenters. The molecule has 1 unspecified atom stereocenters. The number of methoxy groups -OCH3 is 2. The summed E-state index contributed by atoms with van der Waals surface area (Å²) >= 11 is 0. The molecule has 0 aromatic heterocycles. The first kappa shape index (κ1) is 15.7. The van der Waals surface area contributed by atoms with Gasteiger partial charge in [-0.2, -0.15) is 0 Å². The molecule has 0 amide bonds. The number of esters is 2. The summed E-state index contributed by atoms with van der Waals surface area (Å²) in [5.74, 6) is -2.50. The van der Waals surface area contributed by atoms with E-state index >= 15 is 0 Å². The number of rotatable bonds is 4. The Balaban J connectivity index is 2.92. The molecule has 0 radical (unpaired) electrons. The minimum atomic E-state index is -0.718. The minimum Gasteiger partial charge on any atom is -0.469 e. The third-order valence-corrected chi connectivity index (χ3v) is 2.84. The van der Waals surface area contributed by atoms with E-state index in [1.165, 1.54) is 14.2 Å². The van der Waals surface area contributed by atoms with Gasteiger partial charge in [-0.25, -0.2) is 4.79 Å². The van der Waals surface area contributed by atoms with Crippen molar-refractivity contribution in [3.63, 3.8) is 0 Å². The molecule has 1 saturated heterocycles. The Kier molecular flexibility index (Phi) is 5.08. The van der Waals surface area contributed by atoms with Crippen molar-refractivity contribution in [1.82, 2.24) is 0 Å². The van der Waals surface area contributed by atoms with Crippen LogP contribution in [-0.4, -0.2) is 44.7 Å². The van der Waals surface area contributed by atoms with Crippen molar-refractivity contribution in [3.05, 3.63) is 11.6 Å². The summed E-state index contributed by atoms with van der Waals surface area (Å²) in [6, 6.07) is 0. The highest BCUT2D eigenvalue weighted by molar-refractivity contribution is 5.95. The lowest BCUT2D eigenvalue weighted by molar-refractivity contribution is -0.147. The monoisotopic (exact) mass is 272 g/mol. The van der Waals surface area contributed by atoms with Crippen molar-refractivity contribution in [2.75, 3.05) is 20.8 Å². The van der Waals surface area contributed by atoms with Gasteiger partial charge in [0.2, 0.25) is 0 Å². The van der Waals surface area contributed by atoms with E-state index in [0.29, 0.717) is 6.61 Å². The van der Waals surface area contributed by atoms with Crippen molar-refractivity contribution < 1.29 is 28.5 Å². The van der Waals surface area contributed by atoms with E-state index in [2.05, 4.69) is 9.47 Å². The third-order valence-electron chi connectivity index (χ3n) is 2.84. The molecule has 0 bridgehead atoms. The van der Waals surface area contributed by atoms with E-state index in [9.17, 15) is 9.59 Å². The summed E-state index contributed by atoms with van der Waals surface area (Å²) in [6.45, 7) is 5.46. The van der Waals surface area contributed by atoms with Gasteiger partial charge in [0.05, 0.1) is 26.7 Å². The summed E-state index contributed by atoms with van der Waals surface area (Å²) in [4.78, 5) is 23.3. The van der Waals surface area contributed by atoms with Crippen LogP contribution in [0.1, 0.15) is 20.8 Å². The van der Waals surface area contributed by atoms with Crippen LogP contribution in [0.5, 0.6) is 0 Å². The molecule has 108 valence electrons. The molecular weight excluding hydrogens is 252 g/mol. The normalized spacial score (nSPS) is 23.8. The number of hydrogen-bond donors (Lipinski definition) is 0. The van der Waals surface area contributed by atoms with Gasteiger partial charge < -0.3 is 18.9 Å². The van der Waals surface area contributed by atoms with E-state index in [4.69, 9.17) is 9.47 Å². The van der Waals surface area contributed by atoms with Crippen LogP contribution in [0.2, 0.25) is 0 Å². The molecule has 1 aliphatic heterocycles. The molecule has 1 heterocycles. The van der Waals surface area contributed by atoms with E-state index in [1.54, 1.807) is 26.8 Å². The zero-order valence-electron chi connectivity index (χ0n) is 11.9. The number of ether oxygens (including phenoxy) is 4. The quantitative estimate of drug-likeness (QED) is 0.562. The fourth-order valence-electron chi connectivity index (χ4n) is 1.81. The van der Waals surface area contributed by atoms with Crippen LogP contribution in [-0.2, 0) is 28.5 Å². The van der Waals surface area contributed by atoms with Crippen LogP contribution in [0.4, 0.5) is 0 Å². The van der Waals surface area contributed by atoms with Crippen LogP contribution in [0, 0.1) is 5.92 Å². The summed E-state index contributed by atoms with van der Waals surface area (Å²) < 4.78 is 20.3. The van der Waals surface area contributed by atoms with Crippen LogP contribution >= 0.6 is 0 Å². The Morgan fingerprint density at radius 1 is 1.32 bits per heavy atom. The van der Waals surface area contributed by atoms with Gasteiger partial charge in [0.15, 0.2) is 5.79 Å². The lowest BCUT2D eigenvalue weighted by Crippen LogP contribution is -2.24. The van der Waals surface area contributed by atoms with E-state index in [-0.39, 0.29) is 5.57 Å². The van der Waals surface area contributed by atoms with Gasteiger partial charge in [0.25, 0.3) is 0 Å². The second kappa shape index (κ2) is 6.16. The molecule has 1 rings (SSSR count). The first-order valence-corrected chi connectivity index (χ1v) is 6.00. The Hall–Kier alpha value is -1.40. The average Bonchev–Trinajstić information content (AvgIpc) is 2.72. The lowest BCUT2D eigenvalue weighted by atomic mass is 9.99. The Labute approximate surface area is 112 Å². The molecule has 0 aromatic rings. The first-order chi connectivity index (χ1) is 8.80. The third kappa shape index (κ3) is 4.04. The van der Waals surface area contributed by atoms with E-state index in [0.717, 1.165) is 0 Å². The fourth-order valence-corrected chi connectivity index (χ4v) is 1.81. The fraction of sp³-hybridized carbons (Fsp3) is 0.692. The maximum atomic E-state index is 11.7. The number of hydrogen-bond acceptors (Lipinski definition) is 6. The summed E-state index contributed by atoms with van der Waals surface area (Å²) in [5.41, 5.74) is 0.209. The van der Waals surface area contributed by atoms with Crippen LogP contribution < -0.4 is 0 Å². The molecule has 19 heavy (non-hydrogen) atoms. The minimum absolute atomic E-state index is 0.209. The average molecular weight is 272 g/mol. The van der Waals surface area contributed by atoms with Gasteiger partial charge in [0, 0.05) is 5.57 Å². The van der Waals surface area contributed by atoms with E-state index in [1.807, 2.05) is 0 Å². The molecule has 1 fully saturated rings. The maximum Gasteiger partial charge on any atom is 0.334 e. The smallest absolute Gasteiger partial charge is 0.334 e. The maximum absolute atomic E-state index is 11.7. The predicted octanol–water partition coefficient (Wildman–Crippen LogP) is 1.05. The highest BCUT2D eigenvalue weighted by Gasteiger charge is 2.34. The highest BCUT2D eigenvalue weighted by atomic mass is 16.7. The molecule has 1 aliphatic rings. The van der Waals surface area contributed by atoms with Crippen molar-refractivity contribution in [3.8, 4) is 0 Å². The molecule has 0 N–H and O–H groups in total. The number of carbonyl (C=O) groups excluding carboxylic acids is 2. The van der Waals surface area contributed by atoms with Crippen molar-refractivity contribution in [2.45, 2.75) is 32.7 Å². The second-order valence-corrected chi connectivity index (χ2v) is 4.73. The second-order valence-electron chi connectivity index (χ2n) is 4.73. The van der Waals surface area contributed by atoms with Crippen LogP contribution in [0.25, 0.3) is 0 Å². The van der Waals surface area contributed by atoms with Crippen LogP contribution in [0.15, 0.2) is 11.6 Å². The van der Waals surface area contributed by atoms with Crippen molar-refractivity contribution in [2.24, 2.45) is 5.92 Å². The summed E-state index contributed by atoms with van der Waals surface area (Å²) in [5, 5.41) is 0. The zero-order valence-corrected chi connectivity index (χ0v) is 11.9. The highest BCUT2D eigenvalue weighted by Crippen LogP contribution is 2.25. The standard InChI is InChI=1S/C13H20O6/c1-8(11(14)16-4)10(12(15)17-5)6-9-7-18-13(2,3)19-9/h6,8-9H,7H2,1-5H3/b10-6+/t8?,9-/m0/s1. The predicted molar refractivity (Wildman–Crippen MR) is 66.2 cm³/mol. The van der Waals surface area contributed by atoms with Crippen molar-refractivity contribution >= 4 is 11.9 Å². The Morgan fingerprint density at radius 3 is 2.37 bits per heavy atom. The summed E-state index contributed by atoms with van der Waals surface area (Å²) in [7, 11) is 2.53. The van der Waals surface area contributed by atoms with Crippen molar-refractivity contribution in [1.29, 1.82) is 0 Å². The van der Waals surface area contributed by atoms with Gasteiger partial charge >= 0.3 is 11.9 Å². The lowest BCUT2D eigenvalue weighted by Gasteiger charge is -2.17.